The lowest BCUT2D eigenvalue weighted by molar-refractivity contribution is 0.309. The van der Waals surface area contributed by atoms with Crippen molar-refractivity contribution in [1.29, 1.82) is 0 Å². The number of hydrogen-bond acceptors (Lipinski definition) is 3. The lowest BCUT2D eigenvalue weighted by Crippen LogP contribution is -2.01. The fraction of sp³-hybridized carbons (Fsp3) is 0.312. The Balaban J connectivity index is 1.82. The summed E-state index contributed by atoms with van der Waals surface area (Å²) in [5, 5.41) is 3.19. The first-order chi connectivity index (χ1) is 9.78. The molecule has 2 rings (SSSR count). The van der Waals surface area contributed by atoms with E-state index in [0.29, 0.717) is 6.54 Å². The molecule has 2 aromatic rings. The van der Waals surface area contributed by atoms with E-state index in [1.54, 1.807) is 6.07 Å². The van der Waals surface area contributed by atoms with Crippen molar-refractivity contribution in [3.8, 4) is 5.75 Å². The third-order valence-corrected chi connectivity index (χ3v) is 2.91. The van der Waals surface area contributed by atoms with Gasteiger partial charge >= 0.3 is 0 Å². The lowest BCUT2D eigenvalue weighted by atomic mass is 10.2. The number of benzene rings is 1. The molecule has 1 heterocycles. The second-order valence-corrected chi connectivity index (χ2v) is 4.57. The minimum absolute atomic E-state index is 0.468. The van der Waals surface area contributed by atoms with Crippen LogP contribution in [0.15, 0.2) is 42.6 Å². The first kappa shape index (κ1) is 14.3. The van der Waals surface area contributed by atoms with Gasteiger partial charge in [0.1, 0.15) is 5.75 Å². The zero-order valence-corrected chi connectivity index (χ0v) is 11.6. The van der Waals surface area contributed by atoms with Crippen LogP contribution in [0.2, 0.25) is 0 Å². The van der Waals surface area contributed by atoms with Gasteiger partial charge < -0.3 is 10.1 Å². The number of aromatic nitrogens is 1. The SMILES string of the molecule is CCCCOc1ccc(CNc2ccc(F)nc2)cc1. The molecule has 20 heavy (non-hydrogen) atoms. The van der Waals surface area contributed by atoms with Gasteiger partial charge in [-0.05, 0) is 36.2 Å². The van der Waals surface area contributed by atoms with Gasteiger partial charge in [0.25, 0.3) is 0 Å². The van der Waals surface area contributed by atoms with Crippen LogP contribution in [0.3, 0.4) is 0 Å². The topological polar surface area (TPSA) is 34.1 Å². The minimum Gasteiger partial charge on any atom is -0.494 e. The Morgan fingerprint density at radius 1 is 1.15 bits per heavy atom. The lowest BCUT2D eigenvalue weighted by Gasteiger charge is -2.08. The minimum atomic E-state index is -0.468. The summed E-state index contributed by atoms with van der Waals surface area (Å²) in [5.41, 5.74) is 1.94. The highest BCUT2D eigenvalue weighted by Crippen LogP contribution is 2.14. The number of pyridine rings is 1. The Labute approximate surface area is 118 Å². The molecule has 0 saturated carbocycles. The van der Waals surface area contributed by atoms with Crippen LogP contribution < -0.4 is 10.1 Å². The van der Waals surface area contributed by atoms with Gasteiger partial charge in [0, 0.05) is 6.54 Å². The summed E-state index contributed by atoms with van der Waals surface area (Å²) in [6, 6.07) is 11.0. The quantitative estimate of drug-likeness (QED) is 0.612. The van der Waals surface area contributed by atoms with Crippen LogP contribution >= 0.6 is 0 Å². The van der Waals surface area contributed by atoms with Crippen LogP contribution in [0.25, 0.3) is 0 Å². The van der Waals surface area contributed by atoms with Crippen molar-refractivity contribution >= 4 is 5.69 Å². The molecule has 106 valence electrons. The van der Waals surface area contributed by atoms with Gasteiger partial charge in [-0.25, -0.2) is 4.98 Å². The number of rotatable bonds is 7. The summed E-state index contributed by atoms with van der Waals surface area (Å²) < 4.78 is 18.3. The van der Waals surface area contributed by atoms with Crippen molar-refractivity contribution in [3.63, 3.8) is 0 Å². The predicted molar refractivity (Wildman–Crippen MR) is 78.4 cm³/mol. The molecule has 0 fully saturated rings. The summed E-state index contributed by atoms with van der Waals surface area (Å²) >= 11 is 0. The Morgan fingerprint density at radius 2 is 1.95 bits per heavy atom. The second kappa shape index (κ2) is 7.48. The monoisotopic (exact) mass is 274 g/mol. The highest BCUT2D eigenvalue weighted by Gasteiger charge is 1.97. The normalized spacial score (nSPS) is 10.3. The maximum absolute atomic E-state index is 12.7. The molecule has 1 aromatic carbocycles. The molecule has 4 heteroatoms. The van der Waals surface area contributed by atoms with Crippen molar-refractivity contribution in [2.45, 2.75) is 26.3 Å². The highest BCUT2D eigenvalue weighted by molar-refractivity contribution is 5.41. The molecule has 0 amide bonds. The van der Waals surface area contributed by atoms with E-state index < -0.39 is 5.95 Å². The standard InChI is InChI=1S/C16H19FN2O/c1-2-3-10-20-15-7-4-13(5-8-15)11-18-14-6-9-16(17)19-12-14/h4-9,12,18H,2-3,10-11H2,1H3. The van der Waals surface area contributed by atoms with E-state index in [9.17, 15) is 4.39 Å². The van der Waals surface area contributed by atoms with E-state index in [0.717, 1.165) is 36.4 Å². The molecule has 0 radical (unpaired) electrons. The third-order valence-electron chi connectivity index (χ3n) is 2.91. The van der Waals surface area contributed by atoms with Gasteiger partial charge in [-0.1, -0.05) is 25.5 Å². The van der Waals surface area contributed by atoms with E-state index in [2.05, 4.69) is 17.2 Å². The molecule has 0 aliphatic carbocycles. The van der Waals surface area contributed by atoms with E-state index in [-0.39, 0.29) is 0 Å². The highest BCUT2D eigenvalue weighted by atomic mass is 19.1. The summed E-state index contributed by atoms with van der Waals surface area (Å²) in [5.74, 6) is 0.426. The smallest absolute Gasteiger partial charge is 0.212 e. The van der Waals surface area contributed by atoms with Gasteiger partial charge in [-0.15, -0.1) is 0 Å². The molecule has 0 bridgehead atoms. The Bertz CT molecular complexity index is 511. The van der Waals surface area contributed by atoms with Crippen LogP contribution in [-0.2, 0) is 6.54 Å². The number of hydrogen-bond donors (Lipinski definition) is 1. The van der Waals surface area contributed by atoms with Gasteiger partial charge in [0.15, 0.2) is 0 Å². The molecule has 0 atom stereocenters. The maximum atomic E-state index is 12.7. The van der Waals surface area contributed by atoms with Crippen LogP contribution in [0.5, 0.6) is 5.75 Å². The average molecular weight is 274 g/mol. The average Bonchev–Trinajstić information content (AvgIpc) is 2.48. The number of nitrogens with zero attached hydrogens (tertiary/aromatic N) is 1. The zero-order valence-electron chi connectivity index (χ0n) is 11.6. The number of halogens is 1. The van der Waals surface area contributed by atoms with Crippen LogP contribution in [-0.4, -0.2) is 11.6 Å². The summed E-state index contributed by atoms with van der Waals surface area (Å²) in [6.45, 7) is 3.57. The van der Waals surface area contributed by atoms with Gasteiger partial charge in [-0.2, -0.15) is 4.39 Å². The Hall–Kier alpha value is -2.10. The second-order valence-electron chi connectivity index (χ2n) is 4.57. The molecule has 0 aliphatic rings. The Morgan fingerprint density at radius 3 is 2.60 bits per heavy atom. The molecule has 0 unspecified atom stereocenters. The number of ether oxygens (including phenoxy) is 1. The zero-order chi connectivity index (χ0) is 14.2. The fourth-order valence-electron chi connectivity index (χ4n) is 1.72. The molecule has 0 aliphatic heterocycles. The fourth-order valence-corrected chi connectivity index (χ4v) is 1.72. The van der Waals surface area contributed by atoms with E-state index in [1.165, 1.54) is 12.3 Å². The maximum Gasteiger partial charge on any atom is 0.212 e. The Kier molecular flexibility index (Phi) is 5.35. The summed E-state index contributed by atoms with van der Waals surface area (Å²) in [4.78, 5) is 3.60. The van der Waals surface area contributed by atoms with Crippen molar-refractivity contribution in [2.75, 3.05) is 11.9 Å². The van der Waals surface area contributed by atoms with Crippen molar-refractivity contribution < 1.29 is 9.13 Å². The first-order valence-corrected chi connectivity index (χ1v) is 6.85. The van der Waals surface area contributed by atoms with Crippen LogP contribution in [0, 0.1) is 5.95 Å². The van der Waals surface area contributed by atoms with E-state index >= 15 is 0 Å². The molecule has 0 spiro atoms. The van der Waals surface area contributed by atoms with E-state index in [1.807, 2.05) is 24.3 Å². The van der Waals surface area contributed by atoms with Crippen molar-refractivity contribution in [3.05, 3.63) is 54.1 Å². The van der Waals surface area contributed by atoms with Crippen LogP contribution in [0.4, 0.5) is 10.1 Å². The van der Waals surface area contributed by atoms with Crippen LogP contribution in [0.1, 0.15) is 25.3 Å². The number of unbranched alkanes of at least 4 members (excludes halogenated alkanes) is 1. The third kappa shape index (κ3) is 4.53. The first-order valence-electron chi connectivity index (χ1n) is 6.85. The molecule has 1 aromatic heterocycles. The number of nitrogens with one attached hydrogen (secondary N) is 1. The van der Waals surface area contributed by atoms with E-state index in [4.69, 9.17) is 4.74 Å². The predicted octanol–water partition coefficient (Wildman–Crippen LogP) is 4.01. The summed E-state index contributed by atoms with van der Waals surface area (Å²) in [6.07, 6.45) is 3.69. The molecular weight excluding hydrogens is 255 g/mol. The van der Waals surface area contributed by atoms with Gasteiger partial charge in [0.2, 0.25) is 5.95 Å². The number of anilines is 1. The van der Waals surface area contributed by atoms with Crippen molar-refractivity contribution in [1.82, 2.24) is 4.98 Å². The molecule has 3 nitrogen and oxygen atoms in total. The molecule has 1 N–H and O–H groups in total. The van der Waals surface area contributed by atoms with Gasteiger partial charge in [-0.3, -0.25) is 0 Å². The molecular formula is C16H19FN2O. The largest absolute Gasteiger partial charge is 0.494 e. The molecule has 0 saturated heterocycles. The summed E-state index contributed by atoms with van der Waals surface area (Å²) in [7, 11) is 0. The van der Waals surface area contributed by atoms with Gasteiger partial charge in [0.05, 0.1) is 18.5 Å². The van der Waals surface area contributed by atoms with Crippen molar-refractivity contribution in [2.24, 2.45) is 0 Å².